The van der Waals surface area contributed by atoms with Gasteiger partial charge in [-0.25, -0.2) is 4.79 Å². The largest absolute Gasteiger partial charge is 0.327 e. The highest BCUT2D eigenvalue weighted by atomic mass is 16.2. The molecule has 1 heterocycles. The average molecular weight is 366 g/mol. The van der Waals surface area contributed by atoms with Crippen molar-refractivity contribution in [3.8, 4) is 0 Å². The average Bonchev–Trinajstić information content (AvgIpc) is 2.65. The van der Waals surface area contributed by atoms with E-state index >= 15 is 0 Å². The smallest absolute Gasteiger partial charge is 0.324 e. The van der Waals surface area contributed by atoms with Crippen molar-refractivity contribution in [2.45, 2.75) is 13.3 Å². The minimum absolute atomic E-state index is 0.0164. The molecule has 4 amide bonds. The van der Waals surface area contributed by atoms with Crippen LogP contribution in [0.5, 0.6) is 0 Å². The first-order valence-corrected chi connectivity index (χ1v) is 8.76. The Hall–Kier alpha value is -3.35. The molecular weight excluding hydrogens is 344 g/mol. The summed E-state index contributed by atoms with van der Waals surface area (Å²) in [6.45, 7) is 2.89. The van der Waals surface area contributed by atoms with Gasteiger partial charge in [-0.15, -0.1) is 0 Å². The number of rotatable bonds is 4. The van der Waals surface area contributed by atoms with Gasteiger partial charge < -0.3 is 15.5 Å². The van der Waals surface area contributed by atoms with E-state index in [-0.39, 0.29) is 17.8 Å². The van der Waals surface area contributed by atoms with Crippen LogP contribution in [-0.2, 0) is 4.79 Å². The Labute approximate surface area is 158 Å². The van der Waals surface area contributed by atoms with Crippen molar-refractivity contribution in [3.05, 3.63) is 54.1 Å². The lowest BCUT2D eigenvalue weighted by atomic mass is 10.1. The highest BCUT2D eigenvalue weighted by Gasteiger charge is 2.23. The fourth-order valence-corrected chi connectivity index (χ4v) is 2.94. The van der Waals surface area contributed by atoms with E-state index in [0.717, 1.165) is 18.7 Å². The zero-order valence-corrected chi connectivity index (χ0v) is 15.4. The number of nitrogens with zero attached hydrogens (tertiary/aromatic N) is 2. The van der Waals surface area contributed by atoms with Crippen LogP contribution in [0.15, 0.2) is 48.5 Å². The number of urea groups is 1. The van der Waals surface area contributed by atoms with Gasteiger partial charge in [0.1, 0.15) is 0 Å². The summed E-state index contributed by atoms with van der Waals surface area (Å²) >= 11 is 0. The Morgan fingerprint density at radius 1 is 0.889 bits per heavy atom. The maximum atomic E-state index is 12.4. The van der Waals surface area contributed by atoms with Crippen molar-refractivity contribution in [1.29, 1.82) is 0 Å². The van der Waals surface area contributed by atoms with E-state index in [4.69, 9.17) is 0 Å². The highest BCUT2D eigenvalue weighted by Crippen LogP contribution is 2.22. The second-order valence-corrected chi connectivity index (χ2v) is 6.47. The SMILES string of the molecule is CC(=O)Nc1ccc(C(=O)Nc2ccc(N3CCCN(C)C3=O)cc2)cc1. The fourth-order valence-electron chi connectivity index (χ4n) is 2.94. The van der Waals surface area contributed by atoms with E-state index in [1.807, 2.05) is 12.1 Å². The molecule has 0 saturated carbocycles. The zero-order valence-electron chi connectivity index (χ0n) is 15.4. The molecule has 0 bridgehead atoms. The van der Waals surface area contributed by atoms with Gasteiger partial charge in [-0.1, -0.05) is 0 Å². The molecule has 0 radical (unpaired) electrons. The van der Waals surface area contributed by atoms with Gasteiger partial charge >= 0.3 is 6.03 Å². The summed E-state index contributed by atoms with van der Waals surface area (Å²) in [5.74, 6) is -0.406. The van der Waals surface area contributed by atoms with E-state index in [1.165, 1.54) is 6.92 Å². The minimum atomic E-state index is -0.245. The van der Waals surface area contributed by atoms with Crippen LogP contribution >= 0.6 is 0 Å². The molecule has 2 aromatic carbocycles. The number of amides is 4. The third-order valence-electron chi connectivity index (χ3n) is 4.34. The van der Waals surface area contributed by atoms with Crippen molar-refractivity contribution in [3.63, 3.8) is 0 Å². The molecule has 1 fully saturated rings. The van der Waals surface area contributed by atoms with Crippen LogP contribution in [0.4, 0.5) is 21.9 Å². The third-order valence-corrected chi connectivity index (χ3v) is 4.34. The van der Waals surface area contributed by atoms with Crippen LogP contribution in [0.1, 0.15) is 23.7 Å². The maximum absolute atomic E-state index is 12.4. The van der Waals surface area contributed by atoms with Gasteiger partial charge in [0.25, 0.3) is 5.91 Å². The van der Waals surface area contributed by atoms with E-state index in [1.54, 1.807) is 53.2 Å². The first kappa shape index (κ1) is 18.4. The molecule has 7 nitrogen and oxygen atoms in total. The van der Waals surface area contributed by atoms with Gasteiger partial charge in [0.2, 0.25) is 5.91 Å². The Balaban J connectivity index is 1.64. The van der Waals surface area contributed by atoms with Crippen molar-refractivity contribution >= 4 is 34.9 Å². The van der Waals surface area contributed by atoms with Crippen molar-refractivity contribution < 1.29 is 14.4 Å². The van der Waals surface area contributed by atoms with Crippen LogP contribution < -0.4 is 15.5 Å². The van der Waals surface area contributed by atoms with E-state index in [0.29, 0.717) is 23.5 Å². The number of benzene rings is 2. The molecule has 2 N–H and O–H groups in total. The standard InChI is InChI=1S/C20H22N4O3/c1-14(25)21-16-6-4-15(5-7-16)19(26)22-17-8-10-18(11-9-17)24-13-3-12-23(2)20(24)27/h4-11H,3,12-13H2,1-2H3,(H,21,25)(H,22,26). The van der Waals surface area contributed by atoms with Gasteiger partial charge in [0.05, 0.1) is 0 Å². The molecule has 0 aliphatic carbocycles. The van der Waals surface area contributed by atoms with Crippen molar-refractivity contribution in [2.75, 3.05) is 35.7 Å². The van der Waals surface area contributed by atoms with Crippen LogP contribution in [-0.4, -0.2) is 42.9 Å². The number of hydrogen-bond donors (Lipinski definition) is 2. The van der Waals surface area contributed by atoms with Gasteiger partial charge in [-0.2, -0.15) is 0 Å². The normalized spacial score (nSPS) is 14.1. The fraction of sp³-hybridized carbons (Fsp3) is 0.250. The van der Waals surface area contributed by atoms with Crippen LogP contribution in [0.2, 0.25) is 0 Å². The topological polar surface area (TPSA) is 81.8 Å². The molecule has 140 valence electrons. The molecule has 2 aromatic rings. The summed E-state index contributed by atoms with van der Waals surface area (Å²) < 4.78 is 0. The van der Waals surface area contributed by atoms with Gasteiger partial charge in [-0.3, -0.25) is 14.5 Å². The lowest BCUT2D eigenvalue weighted by molar-refractivity contribution is -0.114. The Kier molecular flexibility index (Phi) is 5.40. The number of carbonyl (C=O) groups is 3. The molecule has 27 heavy (non-hydrogen) atoms. The molecule has 1 aliphatic heterocycles. The Morgan fingerprint density at radius 2 is 1.48 bits per heavy atom. The molecule has 3 rings (SSSR count). The zero-order chi connectivity index (χ0) is 19.4. The third kappa shape index (κ3) is 4.44. The summed E-state index contributed by atoms with van der Waals surface area (Å²) in [6, 6.07) is 13.8. The van der Waals surface area contributed by atoms with Gasteiger partial charge in [-0.05, 0) is 55.0 Å². The summed E-state index contributed by atoms with van der Waals surface area (Å²) in [7, 11) is 1.79. The Bertz CT molecular complexity index is 847. The lowest BCUT2D eigenvalue weighted by Crippen LogP contribution is -2.47. The quantitative estimate of drug-likeness (QED) is 0.872. The molecule has 1 aliphatic rings. The number of anilines is 3. The predicted octanol–water partition coefficient (Wildman–Crippen LogP) is 3.16. The second-order valence-electron chi connectivity index (χ2n) is 6.47. The first-order valence-electron chi connectivity index (χ1n) is 8.76. The van der Waals surface area contributed by atoms with E-state index in [9.17, 15) is 14.4 Å². The summed E-state index contributed by atoms with van der Waals surface area (Å²) in [4.78, 5) is 39.0. The lowest BCUT2D eigenvalue weighted by Gasteiger charge is -2.33. The second kappa shape index (κ2) is 7.90. The molecule has 0 unspecified atom stereocenters. The number of nitrogens with one attached hydrogen (secondary N) is 2. The van der Waals surface area contributed by atoms with Gasteiger partial charge in [0.15, 0.2) is 0 Å². The van der Waals surface area contributed by atoms with E-state index in [2.05, 4.69) is 10.6 Å². The Morgan fingerprint density at radius 3 is 2.11 bits per heavy atom. The molecule has 1 saturated heterocycles. The molecule has 7 heteroatoms. The number of hydrogen-bond acceptors (Lipinski definition) is 3. The highest BCUT2D eigenvalue weighted by molar-refractivity contribution is 6.04. The molecular formula is C20H22N4O3. The van der Waals surface area contributed by atoms with Gasteiger partial charge in [0, 0.05) is 49.7 Å². The monoisotopic (exact) mass is 366 g/mol. The van der Waals surface area contributed by atoms with Crippen LogP contribution in [0, 0.1) is 0 Å². The van der Waals surface area contributed by atoms with Crippen LogP contribution in [0.3, 0.4) is 0 Å². The summed E-state index contributed by atoms with van der Waals surface area (Å²) in [5.41, 5.74) is 2.58. The van der Waals surface area contributed by atoms with Crippen molar-refractivity contribution in [1.82, 2.24) is 4.90 Å². The van der Waals surface area contributed by atoms with Crippen molar-refractivity contribution in [2.24, 2.45) is 0 Å². The minimum Gasteiger partial charge on any atom is -0.327 e. The molecule has 0 aromatic heterocycles. The van der Waals surface area contributed by atoms with Crippen LogP contribution in [0.25, 0.3) is 0 Å². The van der Waals surface area contributed by atoms with E-state index < -0.39 is 0 Å². The maximum Gasteiger partial charge on any atom is 0.324 e. The number of carbonyl (C=O) groups excluding carboxylic acids is 3. The summed E-state index contributed by atoms with van der Waals surface area (Å²) in [6.07, 6.45) is 0.926. The molecule has 0 spiro atoms. The summed E-state index contributed by atoms with van der Waals surface area (Å²) in [5, 5.41) is 5.49. The molecule has 0 atom stereocenters. The first-order chi connectivity index (χ1) is 12.9. The predicted molar refractivity (Wildman–Crippen MR) is 105 cm³/mol.